The van der Waals surface area contributed by atoms with Gasteiger partial charge in [0.05, 0.1) is 0 Å². The highest BCUT2D eigenvalue weighted by Crippen LogP contribution is 2.27. The number of aliphatic hydroxyl groups is 1. The maximum Gasteiger partial charge on any atom is 0.297 e. The minimum atomic E-state index is -1.24. The van der Waals surface area contributed by atoms with Crippen LogP contribution < -0.4 is 0 Å². The molecule has 0 aliphatic heterocycles. The first kappa shape index (κ1) is 10.2. The van der Waals surface area contributed by atoms with Crippen molar-refractivity contribution >= 4 is 0 Å². The van der Waals surface area contributed by atoms with Crippen LogP contribution in [0.2, 0.25) is 0 Å². The zero-order chi connectivity index (χ0) is 9.68. The zero-order valence-electron chi connectivity index (χ0n) is 7.52. The summed E-state index contributed by atoms with van der Waals surface area (Å²) < 4.78 is 0. The van der Waals surface area contributed by atoms with Crippen molar-refractivity contribution in [2.24, 2.45) is 5.92 Å². The summed E-state index contributed by atoms with van der Waals surface area (Å²) in [6.45, 7) is 0. The van der Waals surface area contributed by atoms with Crippen LogP contribution >= 0.6 is 0 Å². The molecule has 1 saturated carbocycles. The molecule has 0 amide bonds. The Morgan fingerprint density at radius 2 is 2.08 bits per heavy atom. The second-order valence-corrected chi connectivity index (χ2v) is 3.52. The van der Waals surface area contributed by atoms with E-state index in [1.807, 2.05) is 0 Å². The van der Waals surface area contributed by atoms with Gasteiger partial charge in [-0.1, -0.05) is 32.1 Å². The molecule has 1 atom stereocenters. The lowest BCUT2D eigenvalue weighted by Gasteiger charge is -2.22. The normalized spacial score (nSPS) is 21.0. The summed E-state index contributed by atoms with van der Waals surface area (Å²) >= 11 is 0. The molecule has 0 radical (unpaired) electrons. The van der Waals surface area contributed by atoms with Crippen LogP contribution in [0, 0.1) is 16.0 Å². The summed E-state index contributed by atoms with van der Waals surface area (Å²) in [6.07, 6.45) is 4.82. The predicted octanol–water partition coefficient (Wildman–Crippen LogP) is 1.48. The molecule has 0 bridgehead atoms. The summed E-state index contributed by atoms with van der Waals surface area (Å²) in [5.74, 6) is 0.392. The first-order chi connectivity index (χ1) is 6.18. The summed E-state index contributed by atoms with van der Waals surface area (Å²) in [6, 6.07) is 0. The molecule has 1 fully saturated rings. The Kier molecular flexibility index (Phi) is 3.95. The highest BCUT2D eigenvalue weighted by atomic mass is 17.0. The molecule has 0 aromatic carbocycles. The summed E-state index contributed by atoms with van der Waals surface area (Å²) in [7, 11) is 0. The Labute approximate surface area is 76.8 Å². The molecule has 13 heavy (non-hydrogen) atoms. The highest BCUT2D eigenvalue weighted by Gasteiger charge is 2.19. The van der Waals surface area contributed by atoms with Crippen LogP contribution in [0.4, 0.5) is 0 Å². The molecular weight excluding hydrogens is 174 g/mol. The van der Waals surface area contributed by atoms with E-state index in [1.54, 1.807) is 0 Å². The third-order valence-electron chi connectivity index (χ3n) is 2.47. The molecule has 0 spiro atoms. The van der Waals surface area contributed by atoms with Crippen LogP contribution in [0.3, 0.4) is 0 Å². The van der Waals surface area contributed by atoms with E-state index < -0.39 is 11.4 Å². The molecule has 5 nitrogen and oxygen atoms in total. The van der Waals surface area contributed by atoms with Gasteiger partial charge in [-0.3, -0.25) is 4.84 Å². The Hall–Kier alpha value is -0.840. The van der Waals surface area contributed by atoms with Crippen molar-refractivity contribution in [2.75, 3.05) is 0 Å². The van der Waals surface area contributed by atoms with E-state index in [9.17, 15) is 10.1 Å². The first-order valence-electron chi connectivity index (χ1n) is 4.67. The van der Waals surface area contributed by atoms with Gasteiger partial charge in [0.15, 0.2) is 0 Å². The van der Waals surface area contributed by atoms with Gasteiger partial charge in [0.25, 0.3) is 5.09 Å². The largest absolute Gasteiger partial charge is 0.368 e. The monoisotopic (exact) mass is 189 g/mol. The average molecular weight is 189 g/mol. The molecule has 1 aliphatic carbocycles. The molecule has 0 aromatic rings. The van der Waals surface area contributed by atoms with E-state index in [0.717, 1.165) is 25.7 Å². The van der Waals surface area contributed by atoms with E-state index in [-0.39, 0.29) is 0 Å². The molecule has 76 valence electrons. The van der Waals surface area contributed by atoms with Crippen molar-refractivity contribution in [2.45, 2.75) is 44.8 Å². The maximum atomic E-state index is 9.87. The molecule has 0 saturated heterocycles. The Morgan fingerprint density at radius 3 is 2.62 bits per heavy atom. The van der Waals surface area contributed by atoms with Crippen LogP contribution in [-0.4, -0.2) is 16.5 Å². The van der Waals surface area contributed by atoms with E-state index >= 15 is 0 Å². The van der Waals surface area contributed by atoms with Crippen molar-refractivity contribution in [3.8, 4) is 0 Å². The summed E-state index contributed by atoms with van der Waals surface area (Å²) in [5.41, 5.74) is 0. The molecule has 1 aliphatic rings. The molecular formula is C8H15NO4. The van der Waals surface area contributed by atoms with E-state index in [2.05, 4.69) is 4.84 Å². The van der Waals surface area contributed by atoms with Gasteiger partial charge in [-0.25, -0.2) is 0 Å². The number of nitrogens with zero attached hydrogens (tertiary/aromatic N) is 1. The number of hydrogen-bond donors (Lipinski definition) is 1. The topological polar surface area (TPSA) is 72.6 Å². The second-order valence-electron chi connectivity index (χ2n) is 3.52. The fourth-order valence-corrected chi connectivity index (χ4v) is 1.85. The third kappa shape index (κ3) is 4.07. The minimum absolute atomic E-state index is 0.390. The molecule has 5 heteroatoms. The second kappa shape index (κ2) is 5.01. The first-order valence-corrected chi connectivity index (χ1v) is 4.67. The third-order valence-corrected chi connectivity index (χ3v) is 2.47. The molecule has 0 heterocycles. The SMILES string of the molecule is O=[N+]([O-])OC(O)CC1CCCCC1. The minimum Gasteiger partial charge on any atom is -0.368 e. The van der Waals surface area contributed by atoms with Gasteiger partial charge in [-0.05, 0) is 5.92 Å². The van der Waals surface area contributed by atoms with Crippen LogP contribution in [0.15, 0.2) is 0 Å². The van der Waals surface area contributed by atoms with E-state index in [0.29, 0.717) is 12.3 Å². The Bertz CT molecular complexity index is 168. The quantitative estimate of drug-likeness (QED) is 0.413. The summed E-state index contributed by atoms with van der Waals surface area (Å²) in [4.78, 5) is 13.9. The average Bonchev–Trinajstić information content (AvgIpc) is 2.04. The Balaban J connectivity index is 2.18. The van der Waals surface area contributed by atoms with Crippen molar-refractivity contribution in [1.82, 2.24) is 0 Å². The lowest BCUT2D eigenvalue weighted by Crippen LogP contribution is -2.21. The molecule has 1 N–H and O–H groups in total. The highest BCUT2D eigenvalue weighted by molar-refractivity contribution is 4.66. The van der Waals surface area contributed by atoms with Crippen molar-refractivity contribution in [3.63, 3.8) is 0 Å². The van der Waals surface area contributed by atoms with Crippen LogP contribution in [0.1, 0.15) is 38.5 Å². The summed E-state index contributed by atoms with van der Waals surface area (Å²) in [5, 5.41) is 18.0. The Morgan fingerprint density at radius 1 is 1.46 bits per heavy atom. The van der Waals surface area contributed by atoms with Crippen LogP contribution in [0.5, 0.6) is 0 Å². The predicted molar refractivity (Wildman–Crippen MR) is 45.3 cm³/mol. The van der Waals surface area contributed by atoms with Crippen LogP contribution in [0.25, 0.3) is 0 Å². The van der Waals surface area contributed by atoms with Crippen molar-refractivity contribution in [3.05, 3.63) is 10.1 Å². The van der Waals surface area contributed by atoms with Gasteiger partial charge in [0.1, 0.15) is 0 Å². The maximum absolute atomic E-state index is 9.87. The fourth-order valence-electron chi connectivity index (χ4n) is 1.85. The van der Waals surface area contributed by atoms with Gasteiger partial charge in [0.2, 0.25) is 6.29 Å². The smallest absolute Gasteiger partial charge is 0.297 e. The van der Waals surface area contributed by atoms with Crippen molar-refractivity contribution in [1.29, 1.82) is 0 Å². The molecule has 1 rings (SSSR count). The van der Waals surface area contributed by atoms with Gasteiger partial charge in [-0.2, -0.15) is 0 Å². The standard InChI is InChI=1S/C8H15NO4/c10-8(13-9(11)12)6-7-4-2-1-3-5-7/h7-8,10H,1-6H2. The van der Waals surface area contributed by atoms with Gasteiger partial charge < -0.3 is 5.11 Å². The lowest BCUT2D eigenvalue weighted by molar-refractivity contribution is -0.780. The molecule has 0 aromatic heterocycles. The van der Waals surface area contributed by atoms with Gasteiger partial charge >= 0.3 is 0 Å². The van der Waals surface area contributed by atoms with Crippen LogP contribution in [-0.2, 0) is 4.84 Å². The van der Waals surface area contributed by atoms with Crippen molar-refractivity contribution < 1.29 is 15.0 Å². The van der Waals surface area contributed by atoms with E-state index in [4.69, 9.17) is 5.11 Å². The lowest BCUT2D eigenvalue weighted by atomic mass is 9.87. The number of hydrogen-bond acceptors (Lipinski definition) is 4. The van der Waals surface area contributed by atoms with Gasteiger partial charge in [0, 0.05) is 6.42 Å². The fraction of sp³-hybridized carbons (Fsp3) is 1.00. The van der Waals surface area contributed by atoms with Gasteiger partial charge in [-0.15, -0.1) is 10.1 Å². The number of aliphatic hydroxyl groups excluding tert-OH is 1. The molecule has 1 unspecified atom stereocenters. The van der Waals surface area contributed by atoms with E-state index in [1.165, 1.54) is 6.42 Å². The zero-order valence-corrected chi connectivity index (χ0v) is 7.52. The number of rotatable bonds is 4.